The quantitative estimate of drug-likeness (QED) is 0.623. The monoisotopic (exact) mass is 399 g/mol. The summed E-state index contributed by atoms with van der Waals surface area (Å²) in [6, 6.07) is 10.3. The summed E-state index contributed by atoms with van der Waals surface area (Å²) in [5.74, 6) is 2.08. The van der Waals surface area contributed by atoms with Crippen molar-refractivity contribution in [3.8, 4) is 5.75 Å². The molecule has 4 aliphatic carbocycles. The molecule has 2 aromatic carbocycles. The van der Waals surface area contributed by atoms with Gasteiger partial charge in [0.1, 0.15) is 5.75 Å². The summed E-state index contributed by atoms with van der Waals surface area (Å²) in [4.78, 5) is 11.6. The van der Waals surface area contributed by atoms with E-state index in [1.165, 1.54) is 26.2 Å². The van der Waals surface area contributed by atoms with Gasteiger partial charge in [-0.1, -0.05) is 12.1 Å². The average molecular weight is 400 g/mol. The highest BCUT2D eigenvalue weighted by atomic mass is 32.2. The lowest BCUT2D eigenvalue weighted by atomic mass is 9.53. The van der Waals surface area contributed by atoms with Crippen molar-refractivity contribution in [3.63, 3.8) is 0 Å². The third-order valence-corrected chi connectivity index (χ3v) is 8.34. The number of fused-ring (bicyclic) bond motifs is 1. The fraction of sp³-hybridized carbons (Fsp3) is 0.500. The maximum Gasteiger partial charge on any atom is 0.308 e. The number of esters is 1. The van der Waals surface area contributed by atoms with Gasteiger partial charge in [-0.05, 0) is 85.9 Å². The molecule has 4 saturated carbocycles. The molecule has 0 aliphatic heterocycles. The maximum atomic E-state index is 13.2. The third kappa shape index (κ3) is 3.12. The van der Waals surface area contributed by atoms with Crippen LogP contribution >= 0.6 is 0 Å². The van der Waals surface area contributed by atoms with Crippen molar-refractivity contribution < 1.29 is 17.9 Å². The molecule has 6 rings (SSSR count). The molecule has 4 fully saturated rings. The second-order valence-corrected chi connectivity index (χ2v) is 10.7. The van der Waals surface area contributed by atoms with Gasteiger partial charge in [-0.2, -0.15) is 0 Å². The van der Waals surface area contributed by atoms with Gasteiger partial charge >= 0.3 is 5.97 Å². The van der Waals surface area contributed by atoms with E-state index >= 15 is 0 Å². The van der Waals surface area contributed by atoms with Crippen LogP contribution in [-0.4, -0.2) is 19.9 Å². The number of ether oxygens (including phenoxy) is 1. The van der Waals surface area contributed by atoms with E-state index in [9.17, 15) is 13.2 Å². The largest absolute Gasteiger partial charge is 0.426 e. The van der Waals surface area contributed by atoms with Crippen LogP contribution in [0.2, 0.25) is 0 Å². The van der Waals surface area contributed by atoms with Crippen LogP contribution in [0, 0.1) is 17.8 Å². The number of carbonyl (C=O) groups is 1. The predicted octanol–water partition coefficient (Wildman–Crippen LogP) is 4.01. The number of hydrogen-bond acceptors (Lipinski definition) is 4. The van der Waals surface area contributed by atoms with Crippen LogP contribution < -0.4 is 9.46 Å². The molecular weight excluding hydrogens is 374 g/mol. The van der Waals surface area contributed by atoms with Gasteiger partial charge in [-0.3, -0.25) is 4.79 Å². The minimum Gasteiger partial charge on any atom is -0.426 e. The van der Waals surface area contributed by atoms with Crippen molar-refractivity contribution >= 4 is 26.8 Å². The van der Waals surface area contributed by atoms with Crippen molar-refractivity contribution in [2.45, 2.75) is 55.9 Å². The zero-order chi connectivity index (χ0) is 19.5. The zero-order valence-electron chi connectivity index (χ0n) is 16.0. The Morgan fingerprint density at radius 2 is 1.68 bits per heavy atom. The molecule has 148 valence electrons. The lowest BCUT2D eigenvalue weighted by Gasteiger charge is -2.56. The molecular formula is C22H25NO4S. The second kappa shape index (κ2) is 6.29. The van der Waals surface area contributed by atoms with Crippen LogP contribution in [0.3, 0.4) is 0 Å². The van der Waals surface area contributed by atoms with Gasteiger partial charge in [-0.25, -0.2) is 13.1 Å². The van der Waals surface area contributed by atoms with Crippen LogP contribution in [0.4, 0.5) is 0 Å². The van der Waals surface area contributed by atoms with Crippen molar-refractivity contribution in [3.05, 3.63) is 36.4 Å². The summed E-state index contributed by atoms with van der Waals surface area (Å²) in [7, 11) is -3.61. The van der Waals surface area contributed by atoms with Crippen LogP contribution in [0.1, 0.15) is 45.4 Å². The molecule has 0 atom stereocenters. The second-order valence-electron chi connectivity index (χ2n) is 9.04. The molecule has 1 N–H and O–H groups in total. The number of benzene rings is 2. The number of hydrogen-bond donors (Lipinski definition) is 1. The molecule has 0 heterocycles. The Morgan fingerprint density at radius 3 is 2.29 bits per heavy atom. The summed E-state index contributed by atoms with van der Waals surface area (Å²) in [6.45, 7) is 1.35. The summed E-state index contributed by atoms with van der Waals surface area (Å²) in [5.41, 5.74) is -0.262. The number of sulfonamides is 1. The molecule has 2 aromatic rings. The normalized spacial score (nSPS) is 31.2. The van der Waals surface area contributed by atoms with Gasteiger partial charge < -0.3 is 4.74 Å². The lowest BCUT2D eigenvalue weighted by Crippen LogP contribution is -2.59. The Labute approximate surface area is 165 Å². The van der Waals surface area contributed by atoms with Crippen LogP contribution in [0.15, 0.2) is 41.3 Å². The van der Waals surface area contributed by atoms with Gasteiger partial charge in [0.25, 0.3) is 0 Å². The van der Waals surface area contributed by atoms with Crippen LogP contribution in [0.25, 0.3) is 10.8 Å². The van der Waals surface area contributed by atoms with E-state index < -0.39 is 16.0 Å². The molecule has 0 aromatic heterocycles. The minimum absolute atomic E-state index is 0.262. The summed E-state index contributed by atoms with van der Waals surface area (Å²) < 4.78 is 34.8. The highest BCUT2D eigenvalue weighted by Crippen LogP contribution is 2.56. The first-order valence-electron chi connectivity index (χ1n) is 10.1. The van der Waals surface area contributed by atoms with E-state index in [4.69, 9.17) is 4.74 Å². The molecule has 4 bridgehead atoms. The Balaban J connectivity index is 1.46. The first kappa shape index (κ1) is 18.1. The number of carbonyl (C=O) groups excluding carboxylic acids is 1. The van der Waals surface area contributed by atoms with E-state index in [0.717, 1.165) is 30.0 Å². The van der Waals surface area contributed by atoms with Gasteiger partial charge in [-0.15, -0.1) is 0 Å². The highest BCUT2D eigenvalue weighted by Gasteiger charge is 2.52. The molecule has 4 aliphatic rings. The van der Waals surface area contributed by atoms with Gasteiger partial charge in [0.2, 0.25) is 10.0 Å². The Bertz CT molecular complexity index is 1020. The molecule has 0 amide bonds. The maximum absolute atomic E-state index is 13.2. The Hall–Kier alpha value is -1.92. The topological polar surface area (TPSA) is 72.5 Å². The molecule has 0 radical (unpaired) electrons. The molecule has 0 saturated heterocycles. The summed E-state index contributed by atoms with van der Waals surface area (Å²) in [5, 5.41) is 1.47. The molecule has 6 heteroatoms. The van der Waals surface area contributed by atoms with Crippen molar-refractivity contribution in [1.29, 1.82) is 0 Å². The van der Waals surface area contributed by atoms with Gasteiger partial charge in [0, 0.05) is 17.8 Å². The SMILES string of the molecule is CC(=O)Oc1cccc2cc(S(=O)(=O)NC34CC5CC(CC(C5)C3)C4)ccc12. The summed E-state index contributed by atoms with van der Waals surface area (Å²) >= 11 is 0. The van der Waals surface area contributed by atoms with Crippen LogP contribution in [0.5, 0.6) is 5.75 Å². The van der Waals surface area contributed by atoms with E-state index in [2.05, 4.69) is 4.72 Å². The Kier molecular flexibility index (Phi) is 4.07. The third-order valence-electron chi connectivity index (χ3n) is 6.76. The first-order valence-corrected chi connectivity index (χ1v) is 11.6. The number of rotatable bonds is 4. The minimum atomic E-state index is -3.61. The molecule has 0 spiro atoms. The fourth-order valence-corrected chi connectivity index (χ4v) is 7.69. The standard InChI is InChI=1S/C22H25NO4S/c1-14(24)27-21-4-2-3-18-10-19(5-6-20(18)21)28(25,26)23-22-11-15-7-16(12-22)9-17(8-15)13-22/h2-6,10,15-17,23H,7-9,11-13H2,1H3. The molecule has 0 unspecified atom stereocenters. The smallest absolute Gasteiger partial charge is 0.308 e. The van der Waals surface area contributed by atoms with Crippen molar-refractivity contribution in [2.24, 2.45) is 17.8 Å². The lowest BCUT2D eigenvalue weighted by molar-refractivity contribution is -0.131. The number of nitrogens with one attached hydrogen (secondary N) is 1. The fourth-order valence-electron chi connectivity index (χ4n) is 6.22. The zero-order valence-corrected chi connectivity index (χ0v) is 16.8. The van der Waals surface area contributed by atoms with Crippen molar-refractivity contribution in [2.75, 3.05) is 0 Å². The highest BCUT2D eigenvalue weighted by molar-refractivity contribution is 7.89. The molecule has 5 nitrogen and oxygen atoms in total. The Morgan fingerprint density at radius 1 is 1.04 bits per heavy atom. The van der Waals surface area contributed by atoms with Gasteiger partial charge in [0.05, 0.1) is 4.90 Å². The van der Waals surface area contributed by atoms with Crippen molar-refractivity contribution in [1.82, 2.24) is 4.72 Å². The van der Waals surface area contributed by atoms with Crippen LogP contribution in [-0.2, 0) is 14.8 Å². The van der Waals surface area contributed by atoms with E-state index in [0.29, 0.717) is 23.5 Å². The summed E-state index contributed by atoms with van der Waals surface area (Å²) in [6.07, 6.45) is 6.74. The average Bonchev–Trinajstić information content (AvgIpc) is 2.59. The first-order chi connectivity index (χ1) is 13.3. The molecule has 28 heavy (non-hydrogen) atoms. The van der Waals surface area contributed by atoms with Gasteiger partial charge in [0.15, 0.2) is 0 Å². The van der Waals surface area contributed by atoms with E-state index in [-0.39, 0.29) is 10.4 Å². The van der Waals surface area contributed by atoms with E-state index in [1.54, 1.807) is 30.3 Å². The predicted molar refractivity (Wildman–Crippen MR) is 106 cm³/mol. The van der Waals surface area contributed by atoms with E-state index in [1.807, 2.05) is 6.07 Å².